The standard InChI is InChI=1S/C20H25NO4/c1-5-9-16(14-10-7-6-8-11-14)21-20(22)15-12-17(23-2)19(25-4)18(13-15)24-3/h6-8,10-13,16H,5,9H2,1-4H3,(H,21,22)/t16-/m1/s1. The summed E-state index contributed by atoms with van der Waals surface area (Å²) < 4.78 is 15.9. The Morgan fingerprint density at radius 1 is 1.00 bits per heavy atom. The number of methoxy groups -OCH3 is 3. The Labute approximate surface area is 148 Å². The molecule has 0 radical (unpaired) electrons. The van der Waals surface area contributed by atoms with Gasteiger partial charge in [-0.05, 0) is 24.1 Å². The first-order chi connectivity index (χ1) is 12.1. The zero-order chi connectivity index (χ0) is 18.2. The van der Waals surface area contributed by atoms with Crippen molar-refractivity contribution in [2.45, 2.75) is 25.8 Å². The summed E-state index contributed by atoms with van der Waals surface area (Å²) in [7, 11) is 4.60. The number of ether oxygens (including phenoxy) is 3. The Morgan fingerprint density at radius 2 is 1.60 bits per heavy atom. The van der Waals surface area contributed by atoms with E-state index in [0.29, 0.717) is 22.8 Å². The van der Waals surface area contributed by atoms with Crippen LogP contribution in [0.25, 0.3) is 0 Å². The van der Waals surface area contributed by atoms with Crippen molar-refractivity contribution in [2.75, 3.05) is 21.3 Å². The van der Waals surface area contributed by atoms with Crippen LogP contribution in [0, 0.1) is 0 Å². The van der Waals surface area contributed by atoms with Gasteiger partial charge in [-0.15, -0.1) is 0 Å². The molecule has 2 aromatic rings. The molecule has 0 heterocycles. The van der Waals surface area contributed by atoms with Gasteiger partial charge >= 0.3 is 0 Å². The lowest BCUT2D eigenvalue weighted by Crippen LogP contribution is -2.28. The molecule has 0 saturated carbocycles. The third-order valence-corrected chi connectivity index (χ3v) is 4.01. The van der Waals surface area contributed by atoms with E-state index in [0.717, 1.165) is 18.4 Å². The molecule has 134 valence electrons. The Morgan fingerprint density at radius 3 is 2.08 bits per heavy atom. The summed E-state index contributed by atoms with van der Waals surface area (Å²) in [5.41, 5.74) is 1.55. The van der Waals surface area contributed by atoms with Crippen LogP contribution in [-0.4, -0.2) is 27.2 Å². The highest BCUT2D eigenvalue weighted by Crippen LogP contribution is 2.38. The van der Waals surface area contributed by atoms with Gasteiger partial charge in [0.15, 0.2) is 11.5 Å². The van der Waals surface area contributed by atoms with Gasteiger partial charge in [0.1, 0.15) is 0 Å². The van der Waals surface area contributed by atoms with Crippen LogP contribution in [0.1, 0.15) is 41.7 Å². The third kappa shape index (κ3) is 4.44. The molecule has 1 atom stereocenters. The summed E-state index contributed by atoms with van der Waals surface area (Å²) in [6.45, 7) is 2.10. The average molecular weight is 343 g/mol. The van der Waals surface area contributed by atoms with Crippen LogP contribution < -0.4 is 19.5 Å². The Balaban J connectivity index is 2.29. The molecule has 0 fully saturated rings. The van der Waals surface area contributed by atoms with Gasteiger partial charge in [-0.2, -0.15) is 0 Å². The number of hydrogen-bond donors (Lipinski definition) is 1. The summed E-state index contributed by atoms with van der Waals surface area (Å²) in [5.74, 6) is 1.20. The van der Waals surface area contributed by atoms with E-state index in [-0.39, 0.29) is 11.9 Å². The maximum atomic E-state index is 12.8. The first-order valence-corrected chi connectivity index (χ1v) is 8.30. The molecule has 0 bridgehead atoms. The number of amides is 1. The summed E-state index contributed by atoms with van der Waals surface area (Å²) in [4.78, 5) is 12.8. The van der Waals surface area contributed by atoms with Gasteiger partial charge in [0.25, 0.3) is 5.91 Å². The smallest absolute Gasteiger partial charge is 0.252 e. The van der Waals surface area contributed by atoms with E-state index in [1.165, 1.54) is 21.3 Å². The minimum absolute atomic E-state index is 0.0437. The number of hydrogen-bond acceptors (Lipinski definition) is 4. The molecule has 0 spiro atoms. The van der Waals surface area contributed by atoms with Crippen molar-refractivity contribution in [1.82, 2.24) is 5.32 Å². The molecule has 0 aromatic heterocycles. The summed E-state index contributed by atoms with van der Waals surface area (Å²) >= 11 is 0. The highest BCUT2D eigenvalue weighted by Gasteiger charge is 2.19. The molecule has 2 rings (SSSR count). The highest BCUT2D eigenvalue weighted by atomic mass is 16.5. The fourth-order valence-corrected chi connectivity index (χ4v) is 2.75. The molecule has 0 saturated heterocycles. The van der Waals surface area contributed by atoms with Gasteiger partial charge in [0.05, 0.1) is 27.4 Å². The average Bonchev–Trinajstić information content (AvgIpc) is 2.66. The van der Waals surface area contributed by atoms with E-state index in [1.54, 1.807) is 12.1 Å². The first-order valence-electron chi connectivity index (χ1n) is 8.30. The van der Waals surface area contributed by atoms with E-state index in [2.05, 4.69) is 12.2 Å². The van der Waals surface area contributed by atoms with Crippen molar-refractivity contribution in [3.05, 3.63) is 53.6 Å². The minimum Gasteiger partial charge on any atom is -0.493 e. The lowest BCUT2D eigenvalue weighted by molar-refractivity contribution is 0.0933. The zero-order valence-corrected chi connectivity index (χ0v) is 15.2. The van der Waals surface area contributed by atoms with Crippen LogP contribution in [0.5, 0.6) is 17.2 Å². The molecular formula is C20H25NO4. The fourth-order valence-electron chi connectivity index (χ4n) is 2.75. The van der Waals surface area contributed by atoms with Crippen LogP contribution in [-0.2, 0) is 0 Å². The molecule has 2 aromatic carbocycles. The lowest BCUT2D eigenvalue weighted by Gasteiger charge is -2.20. The van der Waals surface area contributed by atoms with Crippen LogP contribution in [0.2, 0.25) is 0 Å². The maximum Gasteiger partial charge on any atom is 0.252 e. The minimum atomic E-state index is -0.179. The van der Waals surface area contributed by atoms with Crippen LogP contribution in [0.3, 0.4) is 0 Å². The Bertz CT molecular complexity index is 675. The van der Waals surface area contributed by atoms with E-state index in [9.17, 15) is 4.79 Å². The number of carbonyl (C=O) groups is 1. The zero-order valence-electron chi connectivity index (χ0n) is 15.2. The Hall–Kier alpha value is -2.69. The second-order valence-electron chi connectivity index (χ2n) is 5.64. The van der Waals surface area contributed by atoms with E-state index in [1.807, 2.05) is 30.3 Å². The van der Waals surface area contributed by atoms with E-state index < -0.39 is 0 Å². The molecule has 0 aliphatic carbocycles. The molecule has 5 nitrogen and oxygen atoms in total. The summed E-state index contributed by atoms with van der Waals surface area (Å²) in [6.07, 6.45) is 1.83. The van der Waals surface area contributed by atoms with Gasteiger partial charge in [-0.25, -0.2) is 0 Å². The van der Waals surface area contributed by atoms with E-state index >= 15 is 0 Å². The van der Waals surface area contributed by atoms with Crippen LogP contribution in [0.15, 0.2) is 42.5 Å². The van der Waals surface area contributed by atoms with E-state index in [4.69, 9.17) is 14.2 Å². The summed E-state index contributed by atoms with van der Waals surface area (Å²) in [6, 6.07) is 13.2. The molecule has 0 aliphatic rings. The lowest BCUT2D eigenvalue weighted by atomic mass is 10.0. The topological polar surface area (TPSA) is 56.8 Å². The van der Waals surface area contributed by atoms with Crippen molar-refractivity contribution in [1.29, 1.82) is 0 Å². The SMILES string of the molecule is CCC[C@@H](NC(=O)c1cc(OC)c(OC)c(OC)c1)c1ccccc1. The molecular weight excluding hydrogens is 318 g/mol. The number of benzene rings is 2. The number of carbonyl (C=O) groups excluding carboxylic acids is 1. The second-order valence-corrected chi connectivity index (χ2v) is 5.64. The summed E-state index contributed by atoms with van der Waals surface area (Å²) in [5, 5.41) is 3.10. The first kappa shape index (κ1) is 18.6. The van der Waals surface area contributed by atoms with Crippen molar-refractivity contribution in [2.24, 2.45) is 0 Å². The molecule has 5 heteroatoms. The van der Waals surface area contributed by atoms with Gasteiger partial charge < -0.3 is 19.5 Å². The monoisotopic (exact) mass is 343 g/mol. The molecule has 1 amide bonds. The fraction of sp³-hybridized carbons (Fsp3) is 0.350. The van der Waals surface area contributed by atoms with Crippen molar-refractivity contribution < 1.29 is 19.0 Å². The molecule has 0 aliphatic heterocycles. The quantitative estimate of drug-likeness (QED) is 0.787. The normalized spacial score (nSPS) is 11.5. The van der Waals surface area contributed by atoms with Crippen molar-refractivity contribution >= 4 is 5.91 Å². The van der Waals surface area contributed by atoms with Gasteiger partial charge in [0.2, 0.25) is 5.75 Å². The third-order valence-electron chi connectivity index (χ3n) is 4.01. The maximum absolute atomic E-state index is 12.8. The predicted molar refractivity (Wildman–Crippen MR) is 97.7 cm³/mol. The highest BCUT2D eigenvalue weighted by molar-refractivity contribution is 5.95. The largest absolute Gasteiger partial charge is 0.493 e. The van der Waals surface area contributed by atoms with Crippen LogP contribution in [0.4, 0.5) is 0 Å². The van der Waals surface area contributed by atoms with Crippen molar-refractivity contribution in [3.63, 3.8) is 0 Å². The number of rotatable bonds is 8. The van der Waals surface area contributed by atoms with Crippen molar-refractivity contribution in [3.8, 4) is 17.2 Å². The van der Waals surface area contributed by atoms with Gasteiger partial charge in [-0.3, -0.25) is 4.79 Å². The Kier molecular flexibility index (Phi) is 6.69. The molecule has 1 N–H and O–H groups in total. The van der Waals surface area contributed by atoms with Gasteiger partial charge in [0, 0.05) is 5.56 Å². The molecule has 25 heavy (non-hydrogen) atoms. The van der Waals surface area contributed by atoms with Crippen LogP contribution >= 0.6 is 0 Å². The predicted octanol–water partition coefficient (Wildman–Crippen LogP) is 3.98. The second kappa shape index (κ2) is 8.97. The number of nitrogens with one attached hydrogen (secondary N) is 1. The van der Waals surface area contributed by atoms with Gasteiger partial charge in [-0.1, -0.05) is 43.7 Å². The molecule has 0 unspecified atom stereocenters.